The van der Waals surface area contributed by atoms with Crippen LogP contribution in [0.4, 0.5) is 15.3 Å². The first-order valence-electron chi connectivity index (χ1n) is 19.9. The second-order valence-electron chi connectivity index (χ2n) is 15.2. The van der Waals surface area contributed by atoms with E-state index in [1.807, 2.05) is 66.7 Å². The van der Waals surface area contributed by atoms with Crippen molar-refractivity contribution in [2.24, 2.45) is 0 Å². The predicted octanol–water partition coefficient (Wildman–Crippen LogP) is 7.05. The van der Waals surface area contributed by atoms with E-state index in [1.165, 1.54) is 21.9 Å². The van der Waals surface area contributed by atoms with Gasteiger partial charge in [-0.3, -0.25) is 24.1 Å². The van der Waals surface area contributed by atoms with Crippen LogP contribution in [0.1, 0.15) is 61.7 Å². The number of rotatable bonds is 11. The minimum atomic E-state index is -0.929. The van der Waals surface area contributed by atoms with Crippen molar-refractivity contribution in [2.45, 2.75) is 69.7 Å². The van der Waals surface area contributed by atoms with E-state index >= 15 is 0 Å². The molecule has 0 spiro atoms. The fraction of sp³-hybridized carbons (Fsp3) is 0.349. The number of non-ortho nitro benzene ring substituents is 1. The monoisotopic (exact) mass is 804 g/mol. The van der Waals surface area contributed by atoms with Gasteiger partial charge >= 0.3 is 23.6 Å². The summed E-state index contributed by atoms with van der Waals surface area (Å²) < 4.78 is 3.55. The molecule has 0 saturated carbocycles. The van der Waals surface area contributed by atoms with E-state index in [2.05, 4.69) is 27.0 Å². The highest BCUT2D eigenvalue weighted by molar-refractivity contribution is 5.76. The number of nitrogens with zero attached hydrogens (tertiary/aromatic N) is 6. The number of imidazole rings is 2. The Kier molecular flexibility index (Phi) is 12.6. The standard InChI is InChI=1S/C30H33N5O5.C13H15N3O3/c36-29-31-27-10-4-5-11-28(27)34(29)26-16-18-33(30(37)38)25(19-26)9-6-17-32(20-22-7-2-1-3-8-22)21-23-12-14-24(15-13-23)35(39)40;17-12-14-10-3-1-2-4-11(10)16(12)9-5-7-15(8-6-9)13(18)19/h1-5,7-8,10-15,25-26H,6,9,16-21H2,(H,31,36)(H,37,38);1-4,9H,5-8H2,(H,14,17)(H,18,19)/t25-,26?;/m0./s1. The maximum absolute atomic E-state index is 12.8. The highest BCUT2D eigenvalue weighted by atomic mass is 16.6. The van der Waals surface area contributed by atoms with Crippen molar-refractivity contribution in [3.05, 3.63) is 145 Å². The number of carboxylic acid groups (broad SMARTS) is 2. The van der Waals surface area contributed by atoms with Crippen molar-refractivity contribution in [3.63, 3.8) is 0 Å². The summed E-state index contributed by atoms with van der Waals surface area (Å²) in [7, 11) is 0. The number of amides is 2. The van der Waals surface area contributed by atoms with Crippen LogP contribution in [-0.4, -0.2) is 93.3 Å². The van der Waals surface area contributed by atoms with E-state index in [9.17, 15) is 34.4 Å². The third-order valence-electron chi connectivity index (χ3n) is 11.5. The normalized spacial score (nSPS) is 17.2. The van der Waals surface area contributed by atoms with Crippen molar-refractivity contribution < 1.29 is 24.7 Å². The first-order chi connectivity index (χ1) is 28.5. The van der Waals surface area contributed by atoms with Crippen LogP contribution in [0, 0.1) is 10.1 Å². The summed E-state index contributed by atoms with van der Waals surface area (Å²) >= 11 is 0. The maximum atomic E-state index is 12.8. The fourth-order valence-electron chi connectivity index (χ4n) is 8.57. The number of fused-ring (bicyclic) bond motifs is 2. The van der Waals surface area contributed by atoms with E-state index in [1.54, 1.807) is 21.3 Å². The Morgan fingerprint density at radius 2 is 1.22 bits per heavy atom. The van der Waals surface area contributed by atoms with Crippen LogP contribution >= 0.6 is 0 Å². The molecule has 4 N–H and O–H groups in total. The molecule has 2 aliphatic heterocycles. The van der Waals surface area contributed by atoms with Gasteiger partial charge < -0.3 is 30.0 Å². The third-order valence-corrected chi connectivity index (χ3v) is 11.5. The van der Waals surface area contributed by atoms with Gasteiger partial charge in [-0.05, 0) is 80.5 Å². The molecular formula is C43H48N8O8. The van der Waals surface area contributed by atoms with Crippen LogP contribution in [0.15, 0.2) is 113 Å². The number of hydrogen-bond acceptors (Lipinski definition) is 7. The lowest BCUT2D eigenvalue weighted by atomic mass is 9.93. The van der Waals surface area contributed by atoms with Gasteiger partial charge in [-0.15, -0.1) is 0 Å². The lowest BCUT2D eigenvalue weighted by Gasteiger charge is -2.38. The van der Waals surface area contributed by atoms with Gasteiger partial charge in [0.1, 0.15) is 0 Å². The quantitative estimate of drug-likeness (QED) is 0.0782. The summed E-state index contributed by atoms with van der Waals surface area (Å²) in [4.78, 5) is 69.4. The number of benzene rings is 4. The molecular weight excluding hydrogens is 757 g/mol. The smallest absolute Gasteiger partial charge is 0.407 e. The molecule has 6 aromatic rings. The lowest BCUT2D eigenvalue weighted by molar-refractivity contribution is -0.384. The van der Waals surface area contributed by atoms with E-state index in [0.717, 1.165) is 46.2 Å². The van der Waals surface area contributed by atoms with Gasteiger partial charge in [0.25, 0.3) is 5.69 Å². The average Bonchev–Trinajstić information content (AvgIpc) is 3.76. The number of likely N-dealkylation sites (tertiary alicyclic amines) is 2. The Hall–Kier alpha value is -6.68. The number of hydrogen-bond donors (Lipinski definition) is 4. The average molecular weight is 805 g/mol. The lowest BCUT2D eigenvalue weighted by Crippen LogP contribution is -2.47. The number of nitro groups is 1. The van der Waals surface area contributed by atoms with E-state index in [0.29, 0.717) is 64.8 Å². The first kappa shape index (κ1) is 40.5. The van der Waals surface area contributed by atoms with E-state index in [4.69, 9.17) is 5.11 Å². The van der Waals surface area contributed by atoms with Crippen molar-refractivity contribution in [2.75, 3.05) is 26.2 Å². The number of nitrogens with one attached hydrogen (secondary N) is 2. The molecule has 8 rings (SSSR count). The molecule has 2 atom stereocenters. The van der Waals surface area contributed by atoms with E-state index < -0.39 is 17.1 Å². The van der Waals surface area contributed by atoms with Crippen LogP contribution in [0.3, 0.4) is 0 Å². The highest BCUT2D eigenvalue weighted by Gasteiger charge is 2.33. The van der Waals surface area contributed by atoms with Crippen molar-refractivity contribution in [1.29, 1.82) is 0 Å². The van der Waals surface area contributed by atoms with Crippen LogP contribution in [0.2, 0.25) is 0 Å². The zero-order valence-electron chi connectivity index (χ0n) is 32.6. The van der Waals surface area contributed by atoms with Gasteiger partial charge in [-0.1, -0.05) is 66.7 Å². The van der Waals surface area contributed by atoms with Gasteiger partial charge in [-0.2, -0.15) is 0 Å². The minimum absolute atomic E-state index is 0.0632. The van der Waals surface area contributed by atoms with Gasteiger partial charge in [0.15, 0.2) is 0 Å². The molecule has 0 aliphatic carbocycles. The second kappa shape index (κ2) is 18.3. The van der Waals surface area contributed by atoms with Crippen molar-refractivity contribution in [1.82, 2.24) is 33.8 Å². The summed E-state index contributed by atoms with van der Waals surface area (Å²) in [6, 6.07) is 31.7. The molecule has 4 aromatic carbocycles. The van der Waals surface area contributed by atoms with Gasteiger partial charge in [0, 0.05) is 63.0 Å². The van der Waals surface area contributed by atoms with Gasteiger partial charge in [0.05, 0.1) is 27.0 Å². The molecule has 4 heterocycles. The van der Waals surface area contributed by atoms with Crippen molar-refractivity contribution >= 4 is 39.9 Å². The summed E-state index contributed by atoms with van der Waals surface area (Å²) in [6.45, 7) is 3.39. The fourth-order valence-corrected chi connectivity index (χ4v) is 8.57. The molecule has 2 aromatic heterocycles. The number of aromatic nitrogens is 4. The van der Waals surface area contributed by atoms with Crippen LogP contribution in [0.5, 0.6) is 0 Å². The summed E-state index contributed by atoms with van der Waals surface area (Å²) in [6.07, 6.45) is 2.14. The third kappa shape index (κ3) is 9.55. The number of nitro benzene ring substituents is 1. The molecule has 2 amide bonds. The summed E-state index contributed by atoms with van der Waals surface area (Å²) in [5.41, 5.74) is 5.27. The second-order valence-corrected chi connectivity index (χ2v) is 15.2. The molecule has 2 fully saturated rings. The Morgan fingerprint density at radius 1 is 0.695 bits per heavy atom. The Morgan fingerprint density at radius 3 is 1.78 bits per heavy atom. The number of para-hydroxylation sites is 4. The number of carbonyl (C=O) groups is 2. The molecule has 0 radical (unpaired) electrons. The molecule has 308 valence electrons. The maximum Gasteiger partial charge on any atom is 0.407 e. The molecule has 2 aliphatic rings. The highest BCUT2D eigenvalue weighted by Crippen LogP contribution is 2.31. The van der Waals surface area contributed by atoms with Crippen LogP contribution in [-0.2, 0) is 13.1 Å². The SMILES string of the molecule is O=C(O)N1CCC(n2c(=O)[nH]c3ccccc32)CC1.O=C(O)N1CCC(n2c(=O)[nH]c3ccccc32)C[C@@H]1CCCN(Cc1ccccc1)Cc1ccc([N+](=O)[O-])cc1. The number of aromatic amines is 2. The van der Waals surface area contributed by atoms with Gasteiger partial charge in [-0.25, -0.2) is 19.2 Å². The first-order valence-corrected chi connectivity index (χ1v) is 19.9. The molecule has 59 heavy (non-hydrogen) atoms. The number of piperidine rings is 2. The van der Waals surface area contributed by atoms with E-state index in [-0.39, 0.29) is 35.2 Å². The van der Waals surface area contributed by atoms with Gasteiger partial charge in [0.2, 0.25) is 0 Å². The number of H-pyrrole nitrogens is 2. The molecule has 0 bridgehead atoms. The van der Waals surface area contributed by atoms with Crippen molar-refractivity contribution in [3.8, 4) is 0 Å². The molecule has 1 unspecified atom stereocenters. The largest absolute Gasteiger partial charge is 0.465 e. The zero-order chi connectivity index (χ0) is 41.5. The Labute approximate surface area is 339 Å². The Balaban J connectivity index is 0.000000231. The topological polar surface area (TPSA) is 203 Å². The summed E-state index contributed by atoms with van der Waals surface area (Å²) in [5, 5.41) is 29.9. The molecule has 16 nitrogen and oxygen atoms in total. The minimum Gasteiger partial charge on any atom is -0.465 e. The molecule has 2 saturated heterocycles. The van der Waals surface area contributed by atoms with Crippen LogP contribution < -0.4 is 11.4 Å². The van der Waals surface area contributed by atoms with Crippen LogP contribution in [0.25, 0.3) is 22.1 Å². The zero-order valence-corrected chi connectivity index (χ0v) is 32.6. The predicted molar refractivity (Wildman–Crippen MR) is 223 cm³/mol. The Bertz CT molecular complexity index is 2500. The molecule has 16 heteroatoms. The summed E-state index contributed by atoms with van der Waals surface area (Å²) in [5.74, 6) is 0.